The molecule has 1 fully saturated rings. The number of hydrogen-bond acceptors (Lipinski definition) is 6. The quantitative estimate of drug-likeness (QED) is 0.621. The van der Waals surface area contributed by atoms with Crippen LogP contribution in [-0.4, -0.2) is 74.7 Å². The van der Waals surface area contributed by atoms with Gasteiger partial charge in [-0.2, -0.15) is 0 Å². The van der Waals surface area contributed by atoms with Gasteiger partial charge in [0.25, 0.3) is 0 Å². The fourth-order valence-electron chi connectivity index (χ4n) is 5.00. The van der Waals surface area contributed by atoms with E-state index in [1.165, 1.54) is 11.1 Å². The standard InChI is InChI=1S/C26H36N4O3/c1-19(16-21-17-22-8-9-30(20(2)31)26(22)23(27)18-21)29-12-10-28(11-13-29)14-15-33-25-7-5-4-6-24(25)32-3/h4-7,17-19H,8-16,27H2,1-3H3. The second-order valence-corrected chi connectivity index (χ2v) is 9.04. The van der Waals surface area contributed by atoms with Crippen molar-refractivity contribution in [2.24, 2.45) is 0 Å². The summed E-state index contributed by atoms with van der Waals surface area (Å²) in [6.07, 6.45) is 1.85. The lowest BCUT2D eigenvalue weighted by Crippen LogP contribution is -2.50. The first-order chi connectivity index (χ1) is 16.0. The van der Waals surface area contributed by atoms with Crippen LogP contribution in [0.2, 0.25) is 0 Å². The summed E-state index contributed by atoms with van der Waals surface area (Å²) in [5, 5.41) is 0. The minimum atomic E-state index is 0.0627. The molecule has 2 heterocycles. The molecule has 1 saturated heterocycles. The molecular weight excluding hydrogens is 416 g/mol. The van der Waals surface area contributed by atoms with Crippen molar-refractivity contribution in [1.82, 2.24) is 9.80 Å². The van der Waals surface area contributed by atoms with Crippen molar-refractivity contribution in [3.63, 3.8) is 0 Å². The first-order valence-electron chi connectivity index (χ1n) is 11.9. The first kappa shape index (κ1) is 23.4. The number of hydrogen-bond donors (Lipinski definition) is 1. The number of para-hydroxylation sites is 2. The van der Waals surface area contributed by atoms with E-state index in [4.69, 9.17) is 15.2 Å². The number of rotatable bonds is 8. The van der Waals surface area contributed by atoms with Crippen LogP contribution in [0, 0.1) is 0 Å². The predicted molar refractivity (Wildman–Crippen MR) is 132 cm³/mol. The van der Waals surface area contributed by atoms with Crippen molar-refractivity contribution in [2.75, 3.05) is 63.6 Å². The van der Waals surface area contributed by atoms with E-state index < -0.39 is 0 Å². The highest BCUT2D eigenvalue weighted by Gasteiger charge is 2.26. The molecule has 0 radical (unpaired) electrons. The zero-order valence-corrected chi connectivity index (χ0v) is 20.0. The smallest absolute Gasteiger partial charge is 0.223 e. The molecule has 33 heavy (non-hydrogen) atoms. The second-order valence-electron chi connectivity index (χ2n) is 9.04. The summed E-state index contributed by atoms with van der Waals surface area (Å²) in [6, 6.07) is 12.5. The third-order valence-electron chi connectivity index (χ3n) is 6.83. The molecule has 0 aliphatic carbocycles. The highest BCUT2D eigenvalue weighted by molar-refractivity contribution is 5.97. The van der Waals surface area contributed by atoms with E-state index in [2.05, 4.69) is 28.9 Å². The third kappa shape index (κ3) is 5.42. The Kier molecular flexibility index (Phi) is 7.40. The summed E-state index contributed by atoms with van der Waals surface area (Å²) in [6.45, 7) is 10.4. The van der Waals surface area contributed by atoms with Crippen molar-refractivity contribution in [2.45, 2.75) is 32.7 Å². The summed E-state index contributed by atoms with van der Waals surface area (Å²) in [5.74, 6) is 1.64. The van der Waals surface area contributed by atoms with E-state index in [0.717, 1.165) is 75.0 Å². The van der Waals surface area contributed by atoms with Crippen LogP contribution in [0.25, 0.3) is 0 Å². The maximum absolute atomic E-state index is 11.9. The fraction of sp³-hybridized carbons (Fsp3) is 0.500. The maximum Gasteiger partial charge on any atom is 0.223 e. The fourth-order valence-corrected chi connectivity index (χ4v) is 5.00. The number of methoxy groups -OCH3 is 1. The van der Waals surface area contributed by atoms with Gasteiger partial charge in [0.05, 0.1) is 18.5 Å². The van der Waals surface area contributed by atoms with Crippen LogP contribution in [-0.2, 0) is 17.6 Å². The lowest BCUT2D eigenvalue weighted by molar-refractivity contribution is -0.116. The number of piperazine rings is 1. The monoisotopic (exact) mass is 452 g/mol. The normalized spacial score (nSPS) is 17.6. The molecule has 0 spiro atoms. The van der Waals surface area contributed by atoms with Gasteiger partial charge in [0.1, 0.15) is 6.61 Å². The molecule has 4 rings (SSSR count). The number of benzene rings is 2. The van der Waals surface area contributed by atoms with E-state index in [-0.39, 0.29) is 5.91 Å². The number of anilines is 2. The number of carbonyl (C=O) groups excluding carboxylic acids is 1. The number of fused-ring (bicyclic) bond motifs is 1. The number of nitrogens with zero attached hydrogens (tertiary/aromatic N) is 3. The number of nitrogen functional groups attached to an aromatic ring is 1. The molecule has 2 aromatic carbocycles. The molecule has 2 aliphatic heterocycles. The van der Waals surface area contributed by atoms with Gasteiger partial charge in [-0.05, 0) is 49.1 Å². The van der Waals surface area contributed by atoms with Crippen molar-refractivity contribution >= 4 is 17.3 Å². The molecule has 1 amide bonds. The summed E-state index contributed by atoms with van der Waals surface area (Å²) < 4.78 is 11.3. The molecule has 0 aromatic heterocycles. The molecule has 0 bridgehead atoms. The molecular formula is C26H36N4O3. The van der Waals surface area contributed by atoms with E-state index in [1.807, 2.05) is 24.3 Å². The molecule has 2 aromatic rings. The van der Waals surface area contributed by atoms with Gasteiger partial charge in [0, 0.05) is 52.2 Å². The molecule has 178 valence electrons. The molecule has 7 heteroatoms. The van der Waals surface area contributed by atoms with Crippen LogP contribution in [0.1, 0.15) is 25.0 Å². The zero-order valence-electron chi connectivity index (χ0n) is 20.0. The van der Waals surface area contributed by atoms with Crippen LogP contribution < -0.4 is 20.1 Å². The summed E-state index contributed by atoms with van der Waals surface area (Å²) in [5.41, 5.74) is 10.5. The predicted octanol–water partition coefficient (Wildman–Crippen LogP) is 2.81. The minimum absolute atomic E-state index is 0.0627. The Bertz CT molecular complexity index is 972. The maximum atomic E-state index is 11.9. The molecule has 2 N–H and O–H groups in total. The molecule has 7 nitrogen and oxygen atoms in total. The third-order valence-corrected chi connectivity index (χ3v) is 6.83. The molecule has 0 saturated carbocycles. The van der Waals surface area contributed by atoms with E-state index >= 15 is 0 Å². The van der Waals surface area contributed by atoms with E-state index in [0.29, 0.717) is 12.6 Å². The summed E-state index contributed by atoms with van der Waals surface area (Å²) in [7, 11) is 1.67. The van der Waals surface area contributed by atoms with Crippen LogP contribution in [0.15, 0.2) is 36.4 Å². The SMILES string of the molecule is COc1ccccc1OCCN1CCN(C(C)Cc2cc(N)c3c(c2)CCN3C(C)=O)CC1. The lowest BCUT2D eigenvalue weighted by atomic mass is 10.00. The Morgan fingerprint density at radius 2 is 1.82 bits per heavy atom. The van der Waals surface area contributed by atoms with Gasteiger partial charge < -0.3 is 20.1 Å². The Morgan fingerprint density at radius 3 is 2.52 bits per heavy atom. The van der Waals surface area contributed by atoms with Gasteiger partial charge in [-0.15, -0.1) is 0 Å². The van der Waals surface area contributed by atoms with Gasteiger partial charge in [0.15, 0.2) is 11.5 Å². The number of carbonyl (C=O) groups is 1. The van der Waals surface area contributed by atoms with Crippen molar-refractivity contribution < 1.29 is 14.3 Å². The average Bonchev–Trinajstić information content (AvgIpc) is 3.25. The van der Waals surface area contributed by atoms with Crippen LogP contribution in [0.4, 0.5) is 11.4 Å². The first-order valence-corrected chi connectivity index (χ1v) is 11.9. The van der Waals surface area contributed by atoms with Gasteiger partial charge in [-0.1, -0.05) is 18.2 Å². The molecule has 2 aliphatic rings. The van der Waals surface area contributed by atoms with Crippen LogP contribution >= 0.6 is 0 Å². The minimum Gasteiger partial charge on any atom is -0.493 e. The molecule has 1 atom stereocenters. The highest BCUT2D eigenvalue weighted by Crippen LogP contribution is 2.35. The summed E-state index contributed by atoms with van der Waals surface area (Å²) in [4.78, 5) is 18.7. The largest absolute Gasteiger partial charge is 0.493 e. The lowest BCUT2D eigenvalue weighted by Gasteiger charge is -2.38. The van der Waals surface area contributed by atoms with Crippen molar-refractivity contribution in [1.29, 1.82) is 0 Å². The van der Waals surface area contributed by atoms with Gasteiger partial charge in [0.2, 0.25) is 5.91 Å². The topological polar surface area (TPSA) is 71.3 Å². The Balaban J connectivity index is 1.25. The van der Waals surface area contributed by atoms with Crippen LogP contribution in [0.5, 0.6) is 11.5 Å². The van der Waals surface area contributed by atoms with E-state index in [1.54, 1.807) is 18.9 Å². The van der Waals surface area contributed by atoms with Crippen molar-refractivity contribution in [3.8, 4) is 11.5 Å². The van der Waals surface area contributed by atoms with Crippen LogP contribution in [0.3, 0.4) is 0 Å². The number of amides is 1. The van der Waals surface area contributed by atoms with Gasteiger partial charge >= 0.3 is 0 Å². The zero-order chi connectivity index (χ0) is 23.4. The number of ether oxygens (including phenoxy) is 2. The van der Waals surface area contributed by atoms with Gasteiger partial charge in [-0.25, -0.2) is 0 Å². The number of nitrogens with two attached hydrogens (primary N) is 1. The Labute approximate surface area is 197 Å². The Morgan fingerprint density at radius 1 is 1.09 bits per heavy atom. The van der Waals surface area contributed by atoms with E-state index in [9.17, 15) is 4.79 Å². The molecule has 1 unspecified atom stereocenters. The highest BCUT2D eigenvalue weighted by atomic mass is 16.5. The second kappa shape index (κ2) is 10.4. The van der Waals surface area contributed by atoms with Gasteiger partial charge in [-0.3, -0.25) is 14.6 Å². The Hall–Kier alpha value is -2.77. The summed E-state index contributed by atoms with van der Waals surface area (Å²) >= 11 is 0. The average molecular weight is 453 g/mol. The van der Waals surface area contributed by atoms with Crippen molar-refractivity contribution in [3.05, 3.63) is 47.5 Å².